The van der Waals surface area contributed by atoms with E-state index in [1.165, 1.54) is 29.5 Å². The van der Waals surface area contributed by atoms with Gasteiger partial charge in [-0.05, 0) is 44.7 Å². The Morgan fingerprint density at radius 1 is 1.28 bits per heavy atom. The smallest absolute Gasteiger partial charge is 0.222 e. The topological polar surface area (TPSA) is 66.0 Å². The second-order valence-corrected chi connectivity index (χ2v) is 8.20. The fourth-order valence-electron chi connectivity index (χ4n) is 4.28. The maximum atomic E-state index is 12.2. The molecule has 2 fully saturated rings. The monoisotopic (exact) mass is 400 g/mol. The van der Waals surface area contributed by atoms with Crippen molar-refractivity contribution in [2.24, 2.45) is 4.99 Å². The number of hydrogen-bond acceptors (Lipinski definition) is 3. The molecule has 1 aliphatic carbocycles. The highest BCUT2D eigenvalue weighted by Gasteiger charge is 2.25. The summed E-state index contributed by atoms with van der Waals surface area (Å²) in [5.41, 5.74) is 3.78. The van der Waals surface area contributed by atoms with Crippen LogP contribution >= 0.6 is 0 Å². The number of ether oxygens (including phenoxy) is 1. The van der Waals surface area contributed by atoms with Gasteiger partial charge in [0.05, 0.1) is 19.7 Å². The van der Waals surface area contributed by atoms with Gasteiger partial charge in [0.15, 0.2) is 5.96 Å². The van der Waals surface area contributed by atoms with Crippen LogP contribution in [-0.4, -0.2) is 55.6 Å². The van der Waals surface area contributed by atoms with E-state index in [1.807, 2.05) is 0 Å². The van der Waals surface area contributed by atoms with Crippen LogP contribution in [0, 0.1) is 13.8 Å². The van der Waals surface area contributed by atoms with E-state index in [2.05, 4.69) is 54.5 Å². The maximum absolute atomic E-state index is 12.2. The Bertz CT molecular complexity index is 713. The van der Waals surface area contributed by atoms with Crippen molar-refractivity contribution >= 4 is 11.9 Å². The largest absolute Gasteiger partial charge is 0.370 e. The molecule has 3 rings (SSSR count). The van der Waals surface area contributed by atoms with Gasteiger partial charge in [-0.2, -0.15) is 0 Å². The minimum atomic E-state index is 0.0406. The first-order chi connectivity index (χ1) is 14.1. The lowest BCUT2D eigenvalue weighted by Crippen LogP contribution is -2.48. The van der Waals surface area contributed by atoms with E-state index in [-0.39, 0.29) is 12.0 Å². The van der Waals surface area contributed by atoms with Crippen LogP contribution in [-0.2, 0) is 9.53 Å². The zero-order valence-electron chi connectivity index (χ0n) is 18.2. The number of rotatable bonds is 6. The molecule has 0 bridgehead atoms. The van der Waals surface area contributed by atoms with Crippen molar-refractivity contribution in [3.8, 4) is 0 Å². The number of nitrogens with zero attached hydrogens (tertiary/aromatic N) is 2. The van der Waals surface area contributed by atoms with Gasteiger partial charge in [-0.3, -0.25) is 9.79 Å². The van der Waals surface area contributed by atoms with Crippen molar-refractivity contribution in [3.63, 3.8) is 0 Å². The summed E-state index contributed by atoms with van der Waals surface area (Å²) < 4.78 is 6.07. The van der Waals surface area contributed by atoms with E-state index in [0.29, 0.717) is 25.6 Å². The normalized spacial score (nSPS) is 20.7. The first kappa shape index (κ1) is 21.6. The number of aliphatic imine (C=N–C) groups is 1. The third kappa shape index (κ3) is 6.20. The standard InChI is InChI=1S/C23H36N4O2/c1-4-24-23(25-12-11-22(28)26-19-7-5-6-8-19)27-13-14-29-21(16-27)20-10-9-17(2)15-18(20)3/h9-10,15,19,21H,4-8,11-14,16H2,1-3H3,(H,24,25)(H,26,28). The van der Waals surface area contributed by atoms with Crippen LogP contribution in [0.15, 0.2) is 23.2 Å². The van der Waals surface area contributed by atoms with E-state index in [9.17, 15) is 4.79 Å². The highest BCUT2D eigenvalue weighted by atomic mass is 16.5. The molecule has 1 aromatic rings. The minimum Gasteiger partial charge on any atom is -0.370 e. The quantitative estimate of drug-likeness (QED) is 0.569. The Morgan fingerprint density at radius 2 is 2.07 bits per heavy atom. The molecule has 29 heavy (non-hydrogen) atoms. The summed E-state index contributed by atoms with van der Waals surface area (Å²) in [5, 5.41) is 6.52. The van der Waals surface area contributed by atoms with Gasteiger partial charge in [0.1, 0.15) is 6.10 Å². The average molecular weight is 401 g/mol. The number of guanidine groups is 1. The number of carbonyl (C=O) groups excluding carboxylic acids is 1. The van der Waals surface area contributed by atoms with Crippen molar-refractivity contribution in [3.05, 3.63) is 34.9 Å². The van der Waals surface area contributed by atoms with Gasteiger partial charge in [-0.1, -0.05) is 36.6 Å². The lowest BCUT2D eigenvalue weighted by atomic mass is 10.00. The SMILES string of the molecule is CCNC(=NCCC(=O)NC1CCCC1)N1CCOC(c2ccc(C)cc2C)C1. The van der Waals surface area contributed by atoms with Crippen LogP contribution in [0.1, 0.15) is 61.8 Å². The van der Waals surface area contributed by atoms with Crippen molar-refractivity contribution in [2.45, 2.75) is 65.0 Å². The summed E-state index contributed by atoms with van der Waals surface area (Å²) >= 11 is 0. The number of carbonyl (C=O) groups is 1. The van der Waals surface area contributed by atoms with E-state index >= 15 is 0 Å². The molecular formula is C23H36N4O2. The Hall–Kier alpha value is -2.08. The van der Waals surface area contributed by atoms with Crippen LogP contribution in [0.4, 0.5) is 0 Å². The summed E-state index contributed by atoms with van der Waals surface area (Å²) in [6.45, 7) is 9.89. The predicted octanol–water partition coefficient (Wildman–Crippen LogP) is 3.09. The van der Waals surface area contributed by atoms with Crippen LogP contribution < -0.4 is 10.6 Å². The fourth-order valence-corrected chi connectivity index (χ4v) is 4.28. The summed E-state index contributed by atoms with van der Waals surface area (Å²) in [6, 6.07) is 6.90. The van der Waals surface area contributed by atoms with Gasteiger partial charge < -0.3 is 20.3 Å². The molecule has 6 nitrogen and oxygen atoms in total. The van der Waals surface area contributed by atoms with Crippen LogP contribution in [0.2, 0.25) is 0 Å². The van der Waals surface area contributed by atoms with Crippen LogP contribution in [0.3, 0.4) is 0 Å². The van der Waals surface area contributed by atoms with E-state index in [0.717, 1.165) is 38.4 Å². The molecule has 2 N–H and O–H groups in total. The zero-order valence-corrected chi connectivity index (χ0v) is 18.2. The Labute approximate surface area is 175 Å². The predicted molar refractivity (Wildman–Crippen MR) is 117 cm³/mol. The van der Waals surface area contributed by atoms with Gasteiger partial charge in [0.25, 0.3) is 0 Å². The third-order valence-corrected chi connectivity index (χ3v) is 5.79. The molecular weight excluding hydrogens is 364 g/mol. The molecule has 0 spiro atoms. The van der Waals surface area contributed by atoms with Crippen LogP contribution in [0.5, 0.6) is 0 Å². The number of benzene rings is 1. The van der Waals surface area contributed by atoms with Crippen molar-refractivity contribution < 1.29 is 9.53 Å². The number of nitrogens with one attached hydrogen (secondary N) is 2. The number of morpholine rings is 1. The highest BCUT2D eigenvalue weighted by Crippen LogP contribution is 2.26. The van der Waals surface area contributed by atoms with E-state index in [4.69, 9.17) is 9.73 Å². The Morgan fingerprint density at radius 3 is 2.79 bits per heavy atom. The van der Waals surface area contributed by atoms with Crippen molar-refractivity contribution in [1.82, 2.24) is 15.5 Å². The fraction of sp³-hybridized carbons (Fsp3) is 0.652. The van der Waals surface area contributed by atoms with E-state index < -0.39 is 0 Å². The maximum Gasteiger partial charge on any atom is 0.222 e. The first-order valence-electron chi connectivity index (χ1n) is 11.1. The lowest BCUT2D eigenvalue weighted by Gasteiger charge is -2.36. The lowest BCUT2D eigenvalue weighted by molar-refractivity contribution is -0.121. The van der Waals surface area contributed by atoms with Crippen molar-refractivity contribution in [1.29, 1.82) is 0 Å². The van der Waals surface area contributed by atoms with E-state index in [1.54, 1.807) is 0 Å². The minimum absolute atomic E-state index is 0.0406. The second kappa shape index (κ2) is 10.6. The highest BCUT2D eigenvalue weighted by molar-refractivity contribution is 5.81. The van der Waals surface area contributed by atoms with Gasteiger partial charge in [0, 0.05) is 25.6 Å². The van der Waals surface area contributed by atoms with Gasteiger partial charge in [-0.25, -0.2) is 0 Å². The molecule has 1 unspecified atom stereocenters. The third-order valence-electron chi connectivity index (χ3n) is 5.79. The summed E-state index contributed by atoms with van der Waals surface area (Å²) in [7, 11) is 0. The number of aryl methyl sites for hydroxylation is 2. The first-order valence-corrected chi connectivity index (χ1v) is 11.1. The molecule has 2 aliphatic rings. The molecule has 6 heteroatoms. The van der Waals surface area contributed by atoms with Gasteiger partial charge >= 0.3 is 0 Å². The summed E-state index contributed by atoms with van der Waals surface area (Å²) in [5.74, 6) is 0.992. The Balaban J connectivity index is 1.58. The van der Waals surface area contributed by atoms with Gasteiger partial charge in [-0.15, -0.1) is 0 Å². The zero-order chi connectivity index (χ0) is 20.6. The molecule has 1 amide bonds. The van der Waals surface area contributed by atoms with Crippen molar-refractivity contribution in [2.75, 3.05) is 32.8 Å². The molecule has 1 atom stereocenters. The molecule has 160 valence electrons. The summed E-state index contributed by atoms with van der Waals surface area (Å²) in [6.07, 6.45) is 5.17. The Kier molecular flexibility index (Phi) is 7.92. The van der Waals surface area contributed by atoms with Crippen LogP contribution in [0.25, 0.3) is 0 Å². The molecule has 1 saturated heterocycles. The molecule has 0 aromatic heterocycles. The van der Waals surface area contributed by atoms with Gasteiger partial charge in [0.2, 0.25) is 5.91 Å². The molecule has 1 aromatic carbocycles. The molecule has 1 aliphatic heterocycles. The average Bonchev–Trinajstić information content (AvgIpc) is 3.20. The molecule has 0 radical (unpaired) electrons. The number of hydrogen-bond donors (Lipinski definition) is 2. The number of amides is 1. The molecule has 1 heterocycles. The molecule has 1 saturated carbocycles. The second-order valence-electron chi connectivity index (χ2n) is 8.20. The summed E-state index contributed by atoms with van der Waals surface area (Å²) in [4.78, 5) is 19.2.